The van der Waals surface area contributed by atoms with Crippen LogP contribution in [-0.2, 0) is 0 Å². The zero-order chi connectivity index (χ0) is 13.7. The van der Waals surface area contributed by atoms with Crippen molar-refractivity contribution in [3.8, 4) is 5.82 Å². The first-order chi connectivity index (χ1) is 9.70. The van der Waals surface area contributed by atoms with Gasteiger partial charge in [0.2, 0.25) is 0 Å². The van der Waals surface area contributed by atoms with Crippen LogP contribution in [0.15, 0.2) is 18.6 Å². The molecule has 2 aliphatic carbocycles. The highest BCUT2D eigenvalue weighted by Gasteiger charge is 2.31. The van der Waals surface area contributed by atoms with Gasteiger partial charge < -0.3 is 5.11 Å². The fourth-order valence-corrected chi connectivity index (χ4v) is 2.27. The molecule has 0 unspecified atom stereocenters. The van der Waals surface area contributed by atoms with Crippen LogP contribution in [0.4, 0.5) is 0 Å². The summed E-state index contributed by atoms with van der Waals surface area (Å²) in [7, 11) is 0. The fourth-order valence-electron chi connectivity index (χ4n) is 2.27. The highest BCUT2D eigenvalue weighted by atomic mass is 16.4. The Balaban J connectivity index is 1.76. The third kappa shape index (κ3) is 2.07. The van der Waals surface area contributed by atoms with Crippen molar-refractivity contribution in [1.29, 1.82) is 0 Å². The average Bonchev–Trinajstić information content (AvgIpc) is 3.34. The normalized spacial score (nSPS) is 18.2. The minimum absolute atomic E-state index is 0.0320. The van der Waals surface area contributed by atoms with Gasteiger partial charge in [-0.1, -0.05) is 0 Å². The van der Waals surface area contributed by atoms with Crippen LogP contribution in [-0.4, -0.2) is 30.6 Å². The Morgan fingerprint density at radius 2 is 1.95 bits per heavy atom. The van der Waals surface area contributed by atoms with Crippen molar-refractivity contribution >= 4 is 5.97 Å². The second-order valence-electron chi connectivity index (χ2n) is 5.53. The first-order valence-electron chi connectivity index (χ1n) is 6.87. The van der Waals surface area contributed by atoms with Gasteiger partial charge in [0.05, 0.1) is 0 Å². The Labute approximate surface area is 115 Å². The van der Waals surface area contributed by atoms with Crippen LogP contribution in [0.3, 0.4) is 0 Å². The van der Waals surface area contributed by atoms with Crippen LogP contribution in [0.1, 0.15) is 59.5 Å². The molecule has 102 valence electrons. The standard InChI is InChI=1S/C14H14N4O2/c19-14(20)11-6-18(7-15-11)12-5-10(8-1-2-8)16-13(17-12)9-3-4-9/h5-9H,1-4H2,(H,19,20). The maximum atomic E-state index is 10.9. The zero-order valence-electron chi connectivity index (χ0n) is 10.9. The van der Waals surface area contributed by atoms with Gasteiger partial charge in [0.15, 0.2) is 5.69 Å². The number of carbonyl (C=O) groups is 1. The summed E-state index contributed by atoms with van der Waals surface area (Å²) in [6.07, 6.45) is 7.67. The van der Waals surface area contributed by atoms with Crippen LogP contribution in [0.25, 0.3) is 5.82 Å². The summed E-state index contributed by atoms with van der Waals surface area (Å²) < 4.78 is 1.67. The minimum atomic E-state index is -1.03. The highest BCUT2D eigenvalue weighted by molar-refractivity contribution is 5.85. The summed E-state index contributed by atoms with van der Waals surface area (Å²) in [5.41, 5.74) is 1.12. The van der Waals surface area contributed by atoms with Gasteiger partial charge in [0.1, 0.15) is 18.0 Å². The molecule has 6 nitrogen and oxygen atoms in total. The average molecular weight is 270 g/mol. The number of aromatic nitrogens is 4. The molecule has 0 aromatic carbocycles. The number of imidazole rings is 1. The first-order valence-corrected chi connectivity index (χ1v) is 6.87. The van der Waals surface area contributed by atoms with Crippen molar-refractivity contribution in [3.05, 3.63) is 35.8 Å². The van der Waals surface area contributed by atoms with E-state index in [-0.39, 0.29) is 5.69 Å². The van der Waals surface area contributed by atoms with Crippen LogP contribution in [0.5, 0.6) is 0 Å². The lowest BCUT2D eigenvalue weighted by Crippen LogP contribution is -2.04. The second kappa shape index (κ2) is 4.13. The molecule has 0 bridgehead atoms. The van der Waals surface area contributed by atoms with E-state index < -0.39 is 5.97 Å². The maximum Gasteiger partial charge on any atom is 0.356 e. The van der Waals surface area contributed by atoms with E-state index in [4.69, 9.17) is 5.11 Å². The number of aromatic carboxylic acids is 1. The molecule has 0 amide bonds. The smallest absolute Gasteiger partial charge is 0.356 e. The number of nitrogens with zero attached hydrogens (tertiary/aromatic N) is 4. The minimum Gasteiger partial charge on any atom is -0.476 e. The maximum absolute atomic E-state index is 10.9. The molecular formula is C14H14N4O2. The monoisotopic (exact) mass is 270 g/mol. The molecule has 20 heavy (non-hydrogen) atoms. The molecule has 0 spiro atoms. The van der Waals surface area contributed by atoms with Gasteiger partial charge in [0, 0.05) is 29.8 Å². The van der Waals surface area contributed by atoms with E-state index in [1.165, 1.54) is 25.4 Å². The second-order valence-corrected chi connectivity index (χ2v) is 5.53. The molecule has 2 aromatic rings. The third-order valence-electron chi connectivity index (χ3n) is 3.75. The number of hydrogen-bond donors (Lipinski definition) is 1. The van der Waals surface area contributed by atoms with Crippen LogP contribution < -0.4 is 0 Å². The number of rotatable bonds is 4. The van der Waals surface area contributed by atoms with Crippen LogP contribution in [0, 0.1) is 0 Å². The summed E-state index contributed by atoms with van der Waals surface area (Å²) in [6, 6.07) is 1.96. The number of hydrogen-bond acceptors (Lipinski definition) is 4. The Hall–Kier alpha value is -2.24. The van der Waals surface area contributed by atoms with E-state index in [0.29, 0.717) is 11.8 Å². The van der Waals surface area contributed by atoms with E-state index >= 15 is 0 Å². The fraction of sp³-hybridized carbons (Fsp3) is 0.429. The summed E-state index contributed by atoms with van der Waals surface area (Å²) in [6.45, 7) is 0. The van der Waals surface area contributed by atoms with Crippen molar-refractivity contribution in [1.82, 2.24) is 19.5 Å². The lowest BCUT2D eigenvalue weighted by atomic mass is 10.2. The van der Waals surface area contributed by atoms with E-state index in [2.05, 4.69) is 15.0 Å². The Kier molecular flexibility index (Phi) is 2.39. The van der Waals surface area contributed by atoms with E-state index in [9.17, 15) is 4.79 Å². The highest BCUT2D eigenvalue weighted by Crippen LogP contribution is 2.42. The molecule has 6 heteroatoms. The topological polar surface area (TPSA) is 80.9 Å². The molecule has 2 fully saturated rings. The van der Waals surface area contributed by atoms with Crippen LogP contribution in [0.2, 0.25) is 0 Å². The van der Waals surface area contributed by atoms with Crippen molar-refractivity contribution in [2.75, 3.05) is 0 Å². The van der Waals surface area contributed by atoms with E-state index in [0.717, 1.165) is 30.2 Å². The predicted octanol–water partition coefficient (Wildman–Crippen LogP) is 2.12. The summed E-state index contributed by atoms with van der Waals surface area (Å²) in [5, 5.41) is 8.94. The van der Waals surface area contributed by atoms with Crippen molar-refractivity contribution in [2.24, 2.45) is 0 Å². The lowest BCUT2D eigenvalue weighted by molar-refractivity contribution is 0.0691. The summed E-state index contributed by atoms with van der Waals surface area (Å²) >= 11 is 0. The summed E-state index contributed by atoms with van der Waals surface area (Å²) in [4.78, 5) is 24.0. The molecule has 2 saturated carbocycles. The van der Waals surface area contributed by atoms with Crippen molar-refractivity contribution in [2.45, 2.75) is 37.5 Å². The van der Waals surface area contributed by atoms with Gasteiger partial charge in [-0.05, 0) is 25.7 Å². The summed E-state index contributed by atoms with van der Waals surface area (Å²) in [5.74, 6) is 1.63. The SMILES string of the molecule is O=C(O)c1cn(-c2cc(C3CC3)nc(C3CC3)n2)cn1. The third-order valence-corrected chi connectivity index (χ3v) is 3.75. The van der Waals surface area contributed by atoms with Gasteiger partial charge in [0.25, 0.3) is 0 Å². The Bertz CT molecular complexity index is 656. The Morgan fingerprint density at radius 1 is 1.20 bits per heavy atom. The molecule has 0 saturated heterocycles. The lowest BCUT2D eigenvalue weighted by Gasteiger charge is -2.07. The molecule has 0 aliphatic heterocycles. The molecule has 1 N–H and O–H groups in total. The van der Waals surface area contributed by atoms with Gasteiger partial charge in [-0.15, -0.1) is 0 Å². The largest absolute Gasteiger partial charge is 0.476 e. The van der Waals surface area contributed by atoms with Gasteiger partial charge >= 0.3 is 5.97 Å². The molecule has 4 rings (SSSR count). The van der Waals surface area contributed by atoms with Gasteiger partial charge in [-0.3, -0.25) is 4.57 Å². The zero-order valence-corrected chi connectivity index (χ0v) is 10.9. The molecular weight excluding hydrogens is 256 g/mol. The van der Waals surface area contributed by atoms with E-state index in [1.54, 1.807) is 4.57 Å². The molecule has 2 aliphatic rings. The van der Waals surface area contributed by atoms with Gasteiger partial charge in [-0.2, -0.15) is 0 Å². The van der Waals surface area contributed by atoms with Gasteiger partial charge in [-0.25, -0.2) is 19.7 Å². The number of carboxylic acids is 1. The number of carboxylic acid groups (broad SMARTS) is 1. The quantitative estimate of drug-likeness (QED) is 0.920. The Morgan fingerprint density at radius 3 is 2.55 bits per heavy atom. The van der Waals surface area contributed by atoms with E-state index in [1.807, 2.05) is 6.07 Å². The van der Waals surface area contributed by atoms with Crippen molar-refractivity contribution < 1.29 is 9.90 Å². The molecule has 2 aromatic heterocycles. The molecule has 0 atom stereocenters. The predicted molar refractivity (Wildman–Crippen MR) is 70.1 cm³/mol. The molecule has 0 radical (unpaired) electrons. The first kappa shape index (κ1) is 11.6. The molecule has 2 heterocycles. The van der Waals surface area contributed by atoms with Crippen LogP contribution >= 0.6 is 0 Å². The van der Waals surface area contributed by atoms with Crippen molar-refractivity contribution in [3.63, 3.8) is 0 Å².